The van der Waals surface area contributed by atoms with Crippen LogP contribution in [0.1, 0.15) is 10.4 Å². The predicted octanol–water partition coefficient (Wildman–Crippen LogP) is 2.54. The van der Waals surface area contributed by atoms with Crippen molar-refractivity contribution in [3.63, 3.8) is 0 Å². The molecule has 2 heteroatoms. The molecule has 0 saturated heterocycles. The molecular formula is C11H8O2. The number of carbonyl (C=O) groups is 1. The van der Waals surface area contributed by atoms with Gasteiger partial charge in [0.25, 0.3) is 0 Å². The number of benzene rings is 2. The van der Waals surface area contributed by atoms with Crippen molar-refractivity contribution in [3.8, 4) is 0 Å². The summed E-state index contributed by atoms with van der Waals surface area (Å²) in [6, 6.07) is 12.8. The van der Waals surface area contributed by atoms with Crippen LogP contribution < -0.4 is 0 Å². The van der Waals surface area contributed by atoms with Crippen molar-refractivity contribution in [1.82, 2.24) is 0 Å². The molecular weight excluding hydrogens is 163 g/mol. The van der Waals surface area contributed by atoms with Gasteiger partial charge in [0.2, 0.25) is 0 Å². The second kappa shape index (κ2) is 2.90. The lowest BCUT2D eigenvalue weighted by atomic mass is 9.92. The first-order valence-electron chi connectivity index (χ1n) is 3.99. The molecule has 1 N–H and O–H groups in total. The van der Waals surface area contributed by atoms with Crippen LogP contribution in [0.3, 0.4) is 0 Å². The molecule has 0 fully saturated rings. The number of carboxylic acids is 1. The van der Waals surface area contributed by atoms with Gasteiger partial charge in [0, 0.05) is 0 Å². The lowest BCUT2D eigenvalue weighted by molar-refractivity contribution is 0.0697. The third kappa shape index (κ3) is 1.38. The van der Waals surface area contributed by atoms with E-state index in [0.717, 1.165) is 10.8 Å². The topological polar surface area (TPSA) is 37.3 Å². The van der Waals surface area contributed by atoms with Crippen LogP contribution in [0.15, 0.2) is 42.5 Å². The van der Waals surface area contributed by atoms with E-state index in [-0.39, 0.29) is 0 Å². The van der Waals surface area contributed by atoms with E-state index in [1.165, 1.54) is 0 Å². The molecule has 0 aliphatic rings. The largest absolute Gasteiger partial charge is 0.478 e. The summed E-state index contributed by atoms with van der Waals surface area (Å²) in [6.45, 7) is 0. The Labute approximate surface area is 75.4 Å². The normalized spacial score (nSPS) is 10.2. The number of aromatic carboxylic acids is 1. The fraction of sp³-hybridized carbons (Fsp3) is 0. The highest BCUT2D eigenvalue weighted by Crippen LogP contribution is 2.15. The van der Waals surface area contributed by atoms with Crippen molar-refractivity contribution in [2.75, 3.05) is 0 Å². The molecule has 0 radical (unpaired) electrons. The Bertz CT molecular complexity index is 460. The van der Waals surface area contributed by atoms with Crippen LogP contribution in [0.4, 0.5) is 0 Å². The van der Waals surface area contributed by atoms with Crippen molar-refractivity contribution in [3.05, 3.63) is 48.0 Å². The summed E-state index contributed by atoms with van der Waals surface area (Å²) in [7, 11) is 0. The monoisotopic (exact) mass is 171 g/mol. The minimum absolute atomic E-state index is 0.332. The number of carboxylic acid groups (broad SMARTS) is 1. The van der Waals surface area contributed by atoms with Crippen LogP contribution in [0, 0.1) is 0 Å². The molecule has 2 nitrogen and oxygen atoms in total. The van der Waals surface area contributed by atoms with Crippen LogP contribution in [-0.4, -0.2) is 11.1 Å². The maximum Gasteiger partial charge on any atom is 0.335 e. The molecule has 0 aliphatic heterocycles. The van der Waals surface area contributed by atoms with Crippen LogP contribution in [0.25, 0.3) is 10.8 Å². The molecule has 0 spiro atoms. The van der Waals surface area contributed by atoms with Gasteiger partial charge < -0.3 is 5.11 Å². The first-order chi connectivity index (χ1) is 6.27. The van der Waals surface area contributed by atoms with E-state index >= 15 is 0 Å². The van der Waals surface area contributed by atoms with E-state index in [4.69, 9.17) is 5.11 Å². The molecule has 2 rings (SSSR count). The van der Waals surface area contributed by atoms with E-state index in [2.05, 4.69) is 0 Å². The summed E-state index contributed by atoms with van der Waals surface area (Å²) in [5, 5.41) is 10.8. The van der Waals surface area contributed by atoms with Gasteiger partial charge in [-0.1, -0.05) is 30.3 Å². The van der Waals surface area contributed by atoms with Gasteiger partial charge in [-0.2, -0.15) is 0 Å². The Morgan fingerprint density at radius 3 is 2.38 bits per heavy atom. The maximum absolute atomic E-state index is 10.6. The molecule has 0 aliphatic carbocycles. The number of hydrogen-bond donors (Lipinski definition) is 1. The van der Waals surface area contributed by atoms with E-state index in [1.807, 2.05) is 30.3 Å². The smallest absolute Gasteiger partial charge is 0.335 e. The summed E-state index contributed by atoms with van der Waals surface area (Å²) in [5.41, 5.74) is 0.332. The summed E-state index contributed by atoms with van der Waals surface area (Å²) in [5.74, 6) is -0.884. The number of fused-ring (bicyclic) bond motifs is 1. The first-order valence-corrected chi connectivity index (χ1v) is 3.99. The zero-order valence-corrected chi connectivity index (χ0v) is 6.90. The highest BCUT2D eigenvalue weighted by molar-refractivity contribution is 5.94. The Morgan fingerprint density at radius 2 is 1.69 bits per heavy atom. The van der Waals surface area contributed by atoms with Crippen molar-refractivity contribution in [2.24, 2.45) is 0 Å². The molecule has 64 valence electrons. The quantitative estimate of drug-likeness (QED) is 0.715. The average molecular weight is 171 g/mol. The zero-order chi connectivity index (χ0) is 9.26. The van der Waals surface area contributed by atoms with E-state index < -0.39 is 5.97 Å². The Kier molecular flexibility index (Phi) is 1.74. The second-order valence-corrected chi connectivity index (χ2v) is 2.87. The van der Waals surface area contributed by atoms with Crippen molar-refractivity contribution >= 4 is 16.7 Å². The maximum atomic E-state index is 10.6. The van der Waals surface area contributed by atoms with Gasteiger partial charge in [-0.15, -0.1) is 0 Å². The van der Waals surface area contributed by atoms with E-state index in [1.54, 1.807) is 12.1 Å². The predicted molar refractivity (Wildman–Crippen MR) is 50.9 cm³/mol. The van der Waals surface area contributed by atoms with Gasteiger partial charge in [0.05, 0.1) is 5.56 Å². The fourth-order valence-electron chi connectivity index (χ4n) is 1.32. The van der Waals surface area contributed by atoms with Crippen LogP contribution in [0.2, 0.25) is 0 Å². The standard InChI is InChI=1S/C11H8O2/c12-11(13)10-6-5-8-3-1-2-4-9(8)7-10/h1-7H,(H,12,13)/i11-1. The molecule has 0 aromatic heterocycles. The molecule has 0 amide bonds. The third-order valence-electron chi connectivity index (χ3n) is 2.00. The van der Waals surface area contributed by atoms with Gasteiger partial charge in [0.1, 0.15) is 0 Å². The van der Waals surface area contributed by atoms with E-state index in [0.29, 0.717) is 5.56 Å². The van der Waals surface area contributed by atoms with Gasteiger partial charge in [0.15, 0.2) is 0 Å². The fourth-order valence-corrected chi connectivity index (χ4v) is 1.32. The number of rotatable bonds is 1. The van der Waals surface area contributed by atoms with Crippen molar-refractivity contribution in [2.45, 2.75) is 0 Å². The van der Waals surface area contributed by atoms with Crippen molar-refractivity contribution < 1.29 is 9.90 Å². The van der Waals surface area contributed by atoms with Crippen LogP contribution >= 0.6 is 0 Å². The van der Waals surface area contributed by atoms with Gasteiger partial charge in [-0.25, -0.2) is 4.79 Å². The summed E-state index contributed by atoms with van der Waals surface area (Å²) in [6.07, 6.45) is 0. The summed E-state index contributed by atoms with van der Waals surface area (Å²) < 4.78 is 0. The molecule has 0 unspecified atom stereocenters. The second-order valence-electron chi connectivity index (χ2n) is 2.87. The molecule has 0 bridgehead atoms. The lowest BCUT2D eigenvalue weighted by Crippen LogP contribution is -1.94. The average Bonchev–Trinajstić information content (AvgIpc) is 2.17. The molecule has 2 aromatic carbocycles. The Balaban J connectivity index is 2.69. The minimum Gasteiger partial charge on any atom is -0.478 e. The minimum atomic E-state index is -0.884. The molecule has 0 atom stereocenters. The van der Waals surface area contributed by atoms with Crippen molar-refractivity contribution in [1.29, 1.82) is 0 Å². The Morgan fingerprint density at radius 1 is 1.00 bits per heavy atom. The van der Waals surface area contributed by atoms with Crippen LogP contribution in [-0.2, 0) is 0 Å². The van der Waals surface area contributed by atoms with Crippen LogP contribution in [0.5, 0.6) is 0 Å². The zero-order valence-electron chi connectivity index (χ0n) is 6.90. The first kappa shape index (κ1) is 7.80. The van der Waals surface area contributed by atoms with Gasteiger partial charge in [-0.05, 0) is 22.9 Å². The third-order valence-corrected chi connectivity index (χ3v) is 2.00. The summed E-state index contributed by atoms with van der Waals surface area (Å²) >= 11 is 0. The highest BCUT2D eigenvalue weighted by Gasteiger charge is 2.01. The lowest BCUT2D eigenvalue weighted by Gasteiger charge is -1.98. The number of hydrogen-bond acceptors (Lipinski definition) is 1. The summed E-state index contributed by atoms with van der Waals surface area (Å²) in [4.78, 5) is 10.6. The molecule has 0 saturated carbocycles. The molecule has 13 heavy (non-hydrogen) atoms. The molecule has 0 heterocycles. The van der Waals surface area contributed by atoms with Gasteiger partial charge >= 0.3 is 5.97 Å². The SMILES string of the molecule is O=[11C](O)c1ccc2ccccc2c1. The van der Waals surface area contributed by atoms with E-state index in [9.17, 15) is 4.79 Å². The Hall–Kier alpha value is -1.83. The molecule has 2 aromatic rings. The highest BCUT2D eigenvalue weighted by atomic mass is 16.3. The van der Waals surface area contributed by atoms with Gasteiger partial charge in [-0.3, -0.25) is 0 Å².